The van der Waals surface area contributed by atoms with E-state index in [-0.39, 0.29) is 0 Å². The Morgan fingerprint density at radius 3 is 2.60 bits per heavy atom. The second kappa shape index (κ2) is 6.57. The van der Waals surface area contributed by atoms with Crippen molar-refractivity contribution < 1.29 is 0 Å². The third-order valence-electron chi connectivity index (χ3n) is 3.04. The van der Waals surface area contributed by atoms with Gasteiger partial charge < -0.3 is 11.1 Å². The molecule has 2 aromatic rings. The molecule has 0 saturated heterocycles. The SMILES string of the molecule is C/C=C(\C=C/NC)c1ccnc(-c2ccc(N)cc2)c1. The van der Waals surface area contributed by atoms with Crippen molar-refractivity contribution in [2.45, 2.75) is 6.92 Å². The third-order valence-corrected chi connectivity index (χ3v) is 3.04. The van der Waals surface area contributed by atoms with E-state index < -0.39 is 0 Å². The predicted molar refractivity (Wildman–Crippen MR) is 85.9 cm³/mol. The summed E-state index contributed by atoms with van der Waals surface area (Å²) in [5.74, 6) is 0. The average Bonchev–Trinajstić information content (AvgIpc) is 2.49. The summed E-state index contributed by atoms with van der Waals surface area (Å²) in [5.41, 5.74) is 10.8. The quantitative estimate of drug-likeness (QED) is 0.657. The number of pyridine rings is 1. The van der Waals surface area contributed by atoms with Crippen LogP contribution in [-0.2, 0) is 0 Å². The Labute approximate surface area is 119 Å². The standard InChI is InChI=1S/C17H19N3/c1-3-13(8-10-19-2)15-9-11-20-17(12-15)14-4-6-16(18)7-5-14/h3-12,19H,18H2,1-2H3/b10-8-,13-3+. The minimum Gasteiger partial charge on any atom is -0.399 e. The summed E-state index contributed by atoms with van der Waals surface area (Å²) in [6.45, 7) is 2.03. The number of nitrogens with zero attached hydrogens (tertiary/aromatic N) is 1. The number of aromatic nitrogens is 1. The summed E-state index contributed by atoms with van der Waals surface area (Å²) in [4.78, 5) is 4.43. The Kier molecular flexibility index (Phi) is 4.56. The molecule has 0 radical (unpaired) electrons. The van der Waals surface area contributed by atoms with Gasteiger partial charge in [0.1, 0.15) is 0 Å². The highest BCUT2D eigenvalue weighted by Gasteiger charge is 2.02. The molecule has 20 heavy (non-hydrogen) atoms. The van der Waals surface area contributed by atoms with Crippen molar-refractivity contribution in [3.8, 4) is 11.3 Å². The van der Waals surface area contributed by atoms with Crippen LogP contribution >= 0.6 is 0 Å². The van der Waals surface area contributed by atoms with E-state index in [0.29, 0.717) is 0 Å². The zero-order valence-electron chi connectivity index (χ0n) is 11.8. The molecule has 1 aromatic heterocycles. The van der Waals surface area contributed by atoms with Gasteiger partial charge in [0.25, 0.3) is 0 Å². The van der Waals surface area contributed by atoms with E-state index >= 15 is 0 Å². The van der Waals surface area contributed by atoms with Crippen molar-refractivity contribution in [1.29, 1.82) is 0 Å². The molecule has 0 spiro atoms. The second-order valence-electron chi connectivity index (χ2n) is 4.42. The molecule has 0 aliphatic rings. The van der Waals surface area contributed by atoms with Gasteiger partial charge in [-0.15, -0.1) is 0 Å². The number of nitrogens with two attached hydrogens (primary N) is 1. The summed E-state index contributed by atoms with van der Waals surface area (Å²) in [6.07, 6.45) is 7.87. The molecule has 3 heteroatoms. The fourth-order valence-electron chi connectivity index (χ4n) is 1.95. The Morgan fingerprint density at radius 1 is 1.20 bits per heavy atom. The first-order valence-corrected chi connectivity index (χ1v) is 6.57. The summed E-state index contributed by atoms with van der Waals surface area (Å²) in [5, 5.41) is 3.00. The molecule has 0 atom stereocenters. The molecular weight excluding hydrogens is 246 g/mol. The first-order chi connectivity index (χ1) is 9.74. The largest absolute Gasteiger partial charge is 0.399 e. The molecular formula is C17H19N3. The molecule has 0 bridgehead atoms. The fourth-order valence-corrected chi connectivity index (χ4v) is 1.95. The van der Waals surface area contributed by atoms with Crippen LogP contribution in [0.1, 0.15) is 12.5 Å². The molecule has 0 fully saturated rings. The maximum atomic E-state index is 5.71. The van der Waals surface area contributed by atoms with Crippen molar-refractivity contribution in [3.05, 3.63) is 66.5 Å². The zero-order valence-corrected chi connectivity index (χ0v) is 11.8. The minimum absolute atomic E-state index is 0.760. The molecule has 1 heterocycles. The molecule has 0 saturated carbocycles. The van der Waals surface area contributed by atoms with Gasteiger partial charge in [-0.2, -0.15) is 0 Å². The number of benzene rings is 1. The van der Waals surface area contributed by atoms with Crippen molar-refractivity contribution >= 4 is 11.3 Å². The molecule has 3 N–H and O–H groups in total. The molecule has 1 aromatic carbocycles. The lowest BCUT2D eigenvalue weighted by Crippen LogP contribution is -1.93. The molecule has 2 rings (SSSR count). The number of nitrogens with one attached hydrogen (secondary N) is 1. The highest BCUT2D eigenvalue weighted by atomic mass is 14.8. The van der Waals surface area contributed by atoms with Gasteiger partial charge in [0.2, 0.25) is 0 Å². The van der Waals surface area contributed by atoms with E-state index in [9.17, 15) is 0 Å². The summed E-state index contributed by atoms with van der Waals surface area (Å²) in [6, 6.07) is 11.8. The first-order valence-electron chi connectivity index (χ1n) is 6.57. The van der Waals surface area contributed by atoms with Gasteiger partial charge in [-0.05, 0) is 54.6 Å². The van der Waals surface area contributed by atoms with Crippen molar-refractivity contribution in [2.75, 3.05) is 12.8 Å². The topological polar surface area (TPSA) is 50.9 Å². The van der Waals surface area contributed by atoms with E-state index in [1.165, 1.54) is 0 Å². The normalized spacial score (nSPS) is 11.8. The maximum absolute atomic E-state index is 5.71. The van der Waals surface area contributed by atoms with Crippen LogP contribution in [0.25, 0.3) is 16.8 Å². The van der Waals surface area contributed by atoms with E-state index in [4.69, 9.17) is 5.73 Å². The van der Waals surface area contributed by atoms with Crippen LogP contribution in [-0.4, -0.2) is 12.0 Å². The molecule has 0 amide bonds. The van der Waals surface area contributed by atoms with Gasteiger partial charge in [0.15, 0.2) is 0 Å². The molecule has 0 unspecified atom stereocenters. The first kappa shape index (κ1) is 13.9. The lowest BCUT2D eigenvalue weighted by atomic mass is 10.0. The predicted octanol–water partition coefficient (Wildman–Crippen LogP) is 3.47. The minimum atomic E-state index is 0.760. The molecule has 3 nitrogen and oxygen atoms in total. The second-order valence-corrected chi connectivity index (χ2v) is 4.42. The number of allylic oxidation sites excluding steroid dienone is 3. The van der Waals surface area contributed by atoms with Gasteiger partial charge in [0.05, 0.1) is 5.69 Å². The van der Waals surface area contributed by atoms with Crippen molar-refractivity contribution in [3.63, 3.8) is 0 Å². The fraction of sp³-hybridized carbons (Fsp3) is 0.118. The number of anilines is 1. The van der Waals surface area contributed by atoms with Crippen LogP contribution in [0, 0.1) is 0 Å². The van der Waals surface area contributed by atoms with Gasteiger partial charge in [-0.1, -0.05) is 18.2 Å². The Bertz CT molecular complexity index is 625. The van der Waals surface area contributed by atoms with Gasteiger partial charge in [0, 0.05) is 24.5 Å². The lowest BCUT2D eigenvalue weighted by Gasteiger charge is -2.06. The zero-order chi connectivity index (χ0) is 14.4. The van der Waals surface area contributed by atoms with Crippen LogP contribution < -0.4 is 11.1 Å². The Balaban J connectivity index is 2.37. The van der Waals surface area contributed by atoms with Gasteiger partial charge in [-0.3, -0.25) is 4.98 Å². The van der Waals surface area contributed by atoms with E-state index in [2.05, 4.69) is 22.4 Å². The van der Waals surface area contributed by atoms with Crippen molar-refractivity contribution in [2.24, 2.45) is 0 Å². The monoisotopic (exact) mass is 265 g/mol. The number of nitrogen functional groups attached to an aromatic ring is 1. The van der Waals surface area contributed by atoms with Crippen LogP contribution in [0.5, 0.6) is 0 Å². The van der Waals surface area contributed by atoms with E-state index in [0.717, 1.165) is 28.1 Å². The Hall–Kier alpha value is -2.55. The molecule has 102 valence electrons. The van der Waals surface area contributed by atoms with E-state index in [1.807, 2.05) is 62.8 Å². The third kappa shape index (κ3) is 3.26. The highest BCUT2D eigenvalue weighted by Crippen LogP contribution is 2.23. The average molecular weight is 265 g/mol. The van der Waals surface area contributed by atoms with Gasteiger partial charge >= 0.3 is 0 Å². The number of hydrogen-bond acceptors (Lipinski definition) is 3. The Morgan fingerprint density at radius 2 is 1.95 bits per heavy atom. The number of rotatable bonds is 4. The smallest absolute Gasteiger partial charge is 0.0708 e. The molecule has 0 aliphatic carbocycles. The highest BCUT2D eigenvalue weighted by molar-refractivity contribution is 5.76. The number of hydrogen-bond donors (Lipinski definition) is 2. The maximum Gasteiger partial charge on any atom is 0.0708 e. The summed E-state index contributed by atoms with van der Waals surface area (Å²) < 4.78 is 0. The summed E-state index contributed by atoms with van der Waals surface area (Å²) in [7, 11) is 1.89. The van der Waals surface area contributed by atoms with Crippen LogP contribution in [0.15, 0.2) is 60.9 Å². The van der Waals surface area contributed by atoms with Crippen LogP contribution in [0.4, 0.5) is 5.69 Å². The van der Waals surface area contributed by atoms with Crippen LogP contribution in [0.3, 0.4) is 0 Å². The molecule has 0 aliphatic heterocycles. The van der Waals surface area contributed by atoms with E-state index in [1.54, 1.807) is 0 Å². The van der Waals surface area contributed by atoms with Gasteiger partial charge in [-0.25, -0.2) is 0 Å². The summed E-state index contributed by atoms with van der Waals surface area (Å²) >= 11 is 0. The lowest BCUT2D eigenvalue weighted by molar-refractivity contribution is 1.10. The van der Waals surface area contributed by atoms with Crippen molar-refractivity contribution in [1.82, 2.24) is 10.3 Å². The van der Waals surface area contributed by atoms with Crippen LogP contribution in [0.2, 0.25) is 0 Å².